The van der Waals surface area contributed by atoms with E-state index in [0.717, 1.165) is 28.9 Å². The molecule has 192 valence electrons. The maximum Gasteiger partial charge on any atom is 0.416 e. The zero-order chi connectivity index (χ0) is 26.6. The molecule has 0 bridgehead atoms. The number of nitrogens with zero attached hydrogens (tertiary/aromatic N) is 3. The van der Waals surface area contributed by atoms with E-state index in [1.165, 1.54) is 18.2 Å². The van der Waals surface area contributed by atoms with Crippen molar-refractivity contribution in [3.05, 3.63) is 108 Å². The number of rotatable bonds is 8. The van der Waals surface area contributed by atoms with E-state index in [4.69, 9.17) is 0 Å². The van der Waals surface area contributed by atoms with Gasteiger partial charge in [0.2, 0.25) is 5.91 Å². The fraction of sp³-hybridized carbons (Fsp3) is 0.154. The molecule has 0 aliphatic rings. The van der Waals surface area contributed by atoms with Crippen LogP contribution in [-0.4, -0.2) is 30.4 Å². The number of aryl methyl sites for hydroxylation is 1. The van der Waals surface area contributed by atoms with Crippen LogP contribution in [-0.2, 0) is 27.5 Å². The lowest BCUT2D eigenvalue weighted by Gasteiger charge is -2.25. The van der Waals surface area contributed by atoms with Gasteiger partial charge >= 0.3 is 6.18 Å². The van der Waals surface area contributed by atoms with E-state index in [2.05, 4.69) is 10.3 Å². The second kappa shape index (κ2) is 10.5. The first-order valence-electron chi connectivity index (χ1n) is 11.2. The standard InChI is InChI=1S/C26H23F3N4O3S/c1-19-9-11-23(12-10-19)37(35,36)33(22-7-4-6-21(15-22)26(27,28)29)17-25(34)31-16-20-5-2-3-8-24(20)32-14-13-30-18-32/h2-15,18H,16-17H2,1H3,(H,31,34). The molecular weight excluding hydrogens is 505 g/mol. The Labute approximate surface area is 212 Å². The summed E-state index contributed by atoms with van der Waals surface area (Å²) in [6.45, 7) is 1.12. The molecule has 3 aromatic carbocycles. The summed E-state index contributed by atoms with van der Waals surface area (Å²) in [5, 5.41) is 2.68. The Morgan fingerprint density at radius 3 is 2.43 bits per heavy atom. The topological polar surface area (TPSA) is 84.3 Å². The molecule has 4 aromatic rings. The monoisotopic (exact) mass is 528 g/mol. The van der Waals surface area contributed by atoms with Crippen molar-refractivity contribution in [3.63, 3.8) is 0 Å². The Balaban J connectivity index is 1.63. The number of carbonyl (C=O) groups excluding carboxylic acids is 1. The van der Waals surface area contributed by atoms with Crippen LogP contribution in [0.4, 0.5) is 18.9 Å². The first-order valence-corrected chi connectivity index (χ1v) is 12.6. The molecule has 0 saturated heterocycles. The highest BCUT2D eigenvalue weighted by Gasteiger charge is 2.33. The Bertz CT molecular complexity index is 1490. The predicted molar refractivity (Wildman–Crippen MR) is 133 cm³/mol. The van der Waals surface area contributed by atoms with Crippen LogP contribution in [0, 0.1) is 6.92 Å². The van der Waals surface area contributed by atoms with Crippen LogP contribution >= 0.6 is 0 Å². The Kier molecular flexibility index (Phi) is 7.35. The number of sulfonamides is 1. The molecular formula is C26H23F3N4O3S. The van der Waals surface area contributed by atoms with E-state index in [1.807, 2.05) is 12.1 Å². The van der Waals surface area contributed by atoms with Crippen molar-refractivity contribution in [2.75, 3.05) is 10.8 Å². The van der Waals surface area contributed by atoms with Crippen LogP contribution in [0.2, 0.25) is 0 Å². The van der Waals surface area contributed by atoms with E-state index in [-0.39, 0.29) is 17.1 Å². The molecule has 0 aliphatic heterocycles. The van der Waals surface area contributed by atoms with Crippen molar-refractivity contribution in [1.29, 1.82) is 0 Å². The largest absolute Gasteiger partial charge is 0.416 e. The van der Waals surface area contributed by atoms with Crippen molar-refractivity contribution in [3.8, 4) is 5.69 Å². The highest BCUT2D eigenvalue weighted by atomic mass is 32.2. The molecule has 1 aromatic heterocycles. The van der Waals surface area contributed by atoms with Gasteiger partial charge in [-0.2, -0.15) is 13.2 Å². The third-order valence-electron chi connectivity index (χ3n) is 5.61. The number of halogens is 3. The maximum atomic E-state index is 13.5. The van der Waals surface area contributed by atoms with Gasteiger partial charge in [-0.25, -0.2) is 13.4 Å². The van der Waals surface area contributed by atoms with Crippen LogP contribution in [0.3, 0.4) is 0 Å². The summed E-state index contributed by atoms with van der Waals surface area (Å²) < 4.78 is 69.5. The van der Waals surface area contributed by atoms with Crippen molar-refractivity contribution in [2.24, 2.45) is 0 Å². The van der Waals surface area contributed by atoms with Crippen molar-refractivity contribution < 1.29 is 26.4 Å². The van der Waals surface area contributed by atoms with Gasteiger partial charge in [-0.05, 0) is 48.9 Å². The van der Waals surface area contributed by atoms with E-state index in [1.54, 1.807) is 54.5 Å². The molecule has 7 nitrogen and oxygen atoms in total. The van der Waals surface area contributed by atoms with Crippen LogP contribution in [0.1, 0.15) is 16.7 Å². The zero-order valence-corrected chi connectivity index (χ0v) is 20.5. The number of hydrogen-bond acceptors (Lipinski definition) is 4. The molecule has 0 spiro atoms. The number of anilines is 1. The smallest absolute Gasteiger partial charge is 0.350 e. The molecule has 1 heterocycles. The first-order chi connectivity index (χ1) is 17.6. The minimum Gasteiger partial charge on any atom is -0.350 e. The average Bonchev–Trinajstić information content (AvgIpc) is 3.41. The highest BCUT2D eigenvalue weighted by Crippen LogP contribution is 2.33. The van der Waals surface area contributed by atoms with E-state index in [9.17, 15) is 26.4 Å². The summed E-state index contributed by atoms with van der Waals surface area (Å²) in [5.41, 5.74) is 1.01. The van der Waals surface area contributed by atoms with Gasteiger partial charge in [-0.3, -0.25) is 9.10 Å². The predicted octanol–water partition coefficient (Wildman–Crippen LogP) is 4.71. The minimum atomic E-state index is -4.69. The minimum absolute atomic E-state index is 0.0637. The third kappa shape index (κ3) is 6.00. The molecule has 0 radical (unpaired) electrons. The Hall–Kier alpha value is -4.12. The first kappa shape index (κ1) is 26.0. The highest BCUT2D eigenvalue weighted by molar-refractivity contribution is 7.92. The molecule has 4 rings (SSSR count). The van der Waals surface area contributed by atoms with Gasteiger partial charge < -0.3 is 9.88 Å². The van der Waals surface area contributed by atoms with Gasteiger partial charge in [0.05, 0.1) is 28.2 Å². The second-order valence-corrected chi connectivity index (χ2v) is 10.1. The molecule has 0 saturated carbocycles. The SMILES string of the molecule is Cc1ccc(S(=O)(=O)N(CC(=O)NCc2ccccc2-n2ccnc2)c2cccc(C(F)(F)F)c2)cc1. The molecule has 0 aliphatic carbocycles. The summed E-state index contributed by atoms with van der Waals surface area (Å²) >= 11 is 0. The summed E-state index contributed by atoms with van der Waals surface area (Å²) in [6, 6.07) is 17.0. The lowest BCUT2D eigenvalue weighted by molar-refractivity contribution is -0.137. The second-order valence-electron chi connectivity index (χ2n) is 8.25. The zero-order valence-electron chi connectivity index (χ0n) is 19.7. The summed E-state index contributed by atoms with van der Waals surface area (Å²) in [5.74, 6) is -0.687. The van der Waals surface area contributed by atoms with Gasteiger partial charge in [0, 0.05) is 18.9 Å². The number of benzene rings is 3. The van der Waals surface area contributed by atoms with Gasteiger partial charge in [-0.15, -0.1) is 0 Å². The number of amides is 1. The van der Waals surface area contributed by atoms with Crippen LogP contribution in [0.5, 0.6) is 0 Å². The third-order valence-corrected chi connectivity index (χ3v) is 7.40. The van der Waals surface area contributed by atoms with Crippen LogP contribution in [0.15, 0.2) is 96.4 Å². The lowest BCUT2D eigenvalue weighted by atomic mass is 10.1. The summed E-state index contributed by atoms with van der Waals surface area (Å²) in [7, 11) is -4.36. The number of nitrogens with one attached hydrogen (secondary N) is 1. The number of aromatic nitrogens is 2. The Morgan fingerprint density at radius 2 is 1.76 bits per heavy atom. The molecule has 1 N–H and O–H groups in total. The summed E-state index contributed by atoms with van der Waals surface area (Å²) in [6.07, 6.45) is 0.265. The van der Waals surface area contributed by atoms with Crippen LogP contribution < -0.4 is 9.62 Å². The molecule has 37 heavy (non-hydrogen) atoms. The molecule has 1 amide bonds. The van der Waals surface area contributed by atoms with Gasteiger partial charge in [-0.1, -0.05) is 42.0 Å². The van der Waals surface area contributed by atoms with Gasteiger partial charge in [0.1, 0.15) is 6.54 Å². The Morgan fingerprint density at radius 1 is 1.03 bits per heavy atom. The number of para-hydroxylation sites is 1. The quantitative estimate of drug-likeness (QED) is 0.359. The molecule has 0 unspecified atom stereocenters. The number of imidazole rings is 1. The number of carbonyl (C=O) groups is 1. The maximum absolute atomic E-state index is 13.5. The van der Waals surface area contributed by atoms with Crippen LogP contribution in [0.25, 0.3) is 5.69 Å². The van der Waals surface area contributed by atoms with E-state index < -0.39 is 34.2 Å². The molecule has 0 fully saturated rings. The molecule has 0 atom stereocenters. The van der Waals surface area contributed by atoms with Crippen molar-refractivity contribution in [1.82, 2.24) is 14.9 Å². The molecule has 11 heteroatoms. The van der Waals surface area contributed by atoms with Crippen molar-refractivity contribution >= 4 is 21.6 Å². The number of hydrogen-bond donors (Lipinski definition) is 1. The van der Waals surface area contributed by atoms with Gasteiger partial charge in [0.25, 0.3) is 10.0 Å². The normalized spacial score (nSPS) is 11.8. The lowest BCUT2D eigenvalue weighted by Crippen LogP contribution is -2.40. The average molecular weight is 529 g/mol. The van der Waals surface area contributed by atoms with E-state index in [0.29, 0.717) is 10.4 Å². The van der Waals surface area contributed by atoms with Gasteiger partial charge in [0.15, 0.2) is 0 Å². The fourth-order valence-corrected chi connectivity index (χ4v) is 5.10. The fourth-order valence-electron chi connectivity index (χ4n) is 3.68. The van der Waals surface area contributed by atoms with E-state index >= 15 is 0 Å². The van der Waals surface area contributed by atoms with Crippen molar-refractivity contribution in [2.45, 2.75) is 24.5 Å². The summed E-state index contributed by atoms with van der Waals surface area (Å²) in [4.78, 5) is 16.8. The number of alkyl halides is 3.